The zero-order valence-corrected chi connectivity index (χ0v) is 21.8. The van der Waals surface area contributed by atoms with Crippen LogP contribution in [0.25, 0.3) is 5.69 Å². The summed E-state index contributed by atoms with van der Waals surface area (Å²) in [6.45, 7) is 3.92. The Balaban J connectivity index is 1.65. The Labute approximate surface area is 218 Å². The van der Waals surface area contributed by atoms with Gasteiger partial charge in [0.1, 0.15) is 5.75 Å². The van der Waals surface area contributed by atoms with Gasteiger partial charge in [0.2, 0.25) is 0 Å². The lowest BCUT2D eigenvalue weighted by molar-refractivity contribution is 0.0937. The third-order valence-corrected chi connectivity index (χ3v) is 6.86. The second-order valence-corrected chi connectivity index (χ2v) is 9.76. The van der Waals surface area contributed by atoms with Gasteiger partial charge in [0, 0.05) is 16.3 Å². The van der Waals surface area contributed by atoms with E-state index in [1.54, 1.807) is 55.3 Å². The number of nitrogens with zero attached hydrogens (tertiary/aromatic N) is 3. The molecule has 3 aromatic carbocycles. The first-order valence-corrected chi connectivity index (χ1v) is 12.6. The van der Waals surface area contributed by atoms with E-state index >= 15 is 0 Å². The molecule has 0 spiro atoms. The average Bonchev–Trinajstić information content (AvgIpc) is 3.26. The quantitative estimate of drug-likeness (QED) is 0.259. The molecule has 35 heavy (non-hydrogen) atoms. The van der Waals surface area contributed by atoms with Crippen molar-refractivity contribution in [2.75, 3.05) is 7.11 Å². The number of nitrogens with one attached hydrogen (secondary N) is 1. The molecule has 0 fully saturated rings. The molecule has 0 radical (unpaired) electrons. The van der Waals surface area contributed by atoms with E-state index in [2.05, 4.69) is 40.6 Å². The van der Waals surface area contributed by atoms with E-state index in [9.17, 15) is 4.79 Å². The maximum Gasteiger partial charge on any atom is 0.251 e. The number of carbonyl (C=O) groups is 1. The molecule has 6 nitrogen and oxygen atoms in total. The Kier molecular flexibility index (Phi) is 8.00. The van der Waals surface area contributed by atoms with E-state index in [1.165, 1.54) is 11.1 Å². The molecule has 0 aliphatic rings. The van der Waals surface area contributed by atoms with Crippen LogP contribution in [0.1, 0.15) is 40.3 Å². The third-order valence-electron chi connectivity index (χ3n) is 5.33. The highest BCUT2D eigenvalue weighted by Crippen LogP contribution is 2.32. The average molecular weight is 527 g/mol. The van der Waals surface area contributed by atoms with Crippen molar-refractivity contribution in [2.24, 2.45) is 0 Å². The van der Waals surface area contributed by atoms with Crippen LogP contribution in [0.4, 0.5) is 0 Å². The van der Waals surface area contributed by atoms with Gasteiger partial charge in [-0.15, -0.1) is 10.2 Å². The monoisotopic (exact) mass is 526 g/mol. The molecule has 4 rings (SSSR count). The van der Waals surface area contributed by atoms with Crippen molar-refractivity contribution in [3.05, 3.63) is 99.3 Å². The fourth-order valence-corrected chi connectivity index (χ4v) is 4.99. The highest BCUT2D eigenvalue weighted by molar-refractivity contribution is 7.98. The van der Waals surface area contributed by atoms with Gasteiger partial charge in [0.05, 0.1) is 23.9 Å². The Hall–Kier alpha value is -3.00. The molecule has 180 valence electrons. The summed E-state index contributed by atoms with van der Waals surface area (Å²) < 4.78 is 7.10. The van der Waals surface area contributed by atoms with Gasteiger partial charge < -0.3 is 10.1 Å². The number of hydrogen-bond acceptors (Lipinski definition) is 5. The lowest BCUT2D eigenvalue weighted by Crippen LogP contribution is -2.28. The molecule has 1 aromatic heterocycles. The summed E-state index contributed by atoms with van der Waals surface area (Å²) in [4.78, 5) is 12.9. The molecule has 9 heteroatoms. The van der Waals surface area contributed by atoms with Crippen LogP contribution >= 0.6 is 35.0 Å². The van der Waals surface area contributed by atoms with Gasteiger partial charge in [0.15, 0.2) is 11.0 Å². The van der Waals surface area contributed by atoms with Crippen LogP contribution < -0.4 is 10.1 Å². The van der Waals surface area contributed by atoms with Gasteiger partial charge in [-0.2, -0.15) is 0 Å². The normalized spacial score (nSPS) is 11.8. The van der Waals surface area contributed by atoms with Crippen molar-refractivity contribution >= 4 is 40.9 Å². The predicted molar refractivity (Wildman–Crippen MR) is 141 cm³/mol. The van der Waals surface area contributed by atoms with E-state index < -0.39 is 6.04 Å². The summed E-state index contributed by atoms with van der Waals surface area (Å²) in [7, 11) is 1.56. The molecule has 1 amide bonds. The summed E-state index contributed by atoms with van der Waals surface area (Å²) in [5.41, 5.74) is 3.54. The molecule has 0 aliphatic heterocycles. The van der Waals surface area contributed by atoms with Crippen LogP contribution in [0.5, 0.6) is 5.75 Å². The molecular formula is C26H24Cl2N4O2S. The molecule has 1 heterocycles. The Morgan fingerprint density at radius 3 is 2.63 bits per heavy atom. The van der Waals surface area contributed by atoms with Crippen LogP contribution in [0.2, 0.25) is 10.0 Å². The standard InChI is InChI=1S/C26H24Cl2N4O2S/c1-16-6-4-7-18(12-16)15-35-26-31-30-24(32(26)23-11-10-20(27)14-22(23)28)17(2)29-25(33)19-8-5-9-21(13-19)34-3/h4-14,17H,15H2,1-3H3,(H,29,33). The number of aryl methyl sites for hydroxylation is 1. The minimum absolute atomic E-state index is 0.248. The first-order chi connectivity index (χ1) is 16.9. The number of hydrogen-bond donors (Lipinski definition) is 1. The number of rotatable bonds is 8. The van der Waals surface area contributed by atoms with Gasteiger partial charge in [-0.05, 0) is 55.8 Å². The van der Waals surface area contributed by atoms with Crippen LogP contribution in [0, 0.1) is 6.92 Å². The number of thioether (sulfide) groups is 1. The van der Waals surface area contributed by atoms with Gasteiger partial charge in [-0.1, -0.05) is 70.9 Å². The largest absolute Gasteiger partial charge is 0.497 e. The Morgan fingerprint density at radius 1 is 1.09 bits per heavy atom. The summed E-state index contributed by atoms with van der Waals surface area (Å²) in [6.07, 6.45) is 0. The summed E-state index contributed by atoms with van der Waals surface area (Å²) in [5.74, 6) is 1.62. The minimum Gasteiger partial charge on any atom is -0.497 e. The molecule has 4 aromatic rings. The van der Waals surface area contributed by atoms with Crippen molar-refractivity contribution in [1.29, 1.82) is 0 Å². The van der Waals surface area contributed by atoms with Crippen LogP contribution in [-0.4, -0.2) is 27.8 Å². The van der Waals surface area contributed by atoms with Crippen LogP contribution in [0.3, 0.4) is 0 Å². The van der Waals surface area contributed by atoms with Crippen LogP contribution in [-0.2, 0) is 5.75 Å². The lowest BCUT2D eigenvalue weighted by Gasteiger charge is -2.17. The second kappa shape index (κ2) is 11.2. The number of amides is 1. The van der Waals surface area contributed by atoms with E-state index in [-0.39, 0.29) is 5.91 Å². The van der Waals surface area contributed by atoms with Gasteiger partial charge in [-0.3, -0.25) is 9.36 Å². The Bertz CT molecular complexity index is 1360. The van der Waals surface area contributed by atoms with Gasteiger partial charge in [0.25, 0.3) is 5.91 Å². The van der Waals surface area contributed by atoms with Crippen molar-refractivity contribution in [1.82, 2.24) is 20.1 Å². The summed E-state index contributed by atoms with van der Waals surface area (Å²) >= 11 is 14.3. The number of ether oxygens (including phenoxy) is 1. The molecule has 1 atom stereocenters. The first kappa shape index (κ1) is 25.1. The zero-order valence-electron chi connectivity index (χ0n) is 19.5. The second-order valence-electron chi connectivity index (χ2n) is 7.98. The van der Waals surface area contributed by atoms with E-state index in [1.807, 2.05) is 23.6 Å². The summed E-state index contributed by atoms with van der Waals surface area (Å²) in [6, 6.07) is 20.1. The number of aromatic nitrogens is 3. The molecule has 1 unspecified atom stereocenters. The molecule has 0 aliphatic carbocycles. The molecular weight excluding hydrogens is 503 g/mol. The highest BCUT2D eigenvalue weighted by atomic mass is 35.5. The van der Waals surface area contributed by atoms with E-state index in [0.717, 1.165) is 0 Å². The van der Waals surface area contributed by atoms with Crippen LogP contribution in [0.15, 0.2) is 71.9 Å². The van der Waals surface area contributed by atoms with Crippen molar-refractivity contribution in [3.63, 3.8) is 0 Å². The predicted octanol–water partition coefficient (Wildman–Crippen LogP) is 6.67. The fraction of sp³-hybridized carbons (Fsp3) is 0.192. The van der Waals surface area contributed by atoms with E-state index in [0.29, 0.717) is 43.8 Å². The number of halogens is 2. The molecule has 0 saturated heterocycles. The number of benzene rings is 3. The fourth-order valence-electron chi connectivity index (χ4n) is 3.60. The molecule has 0 saturated carbocycles. The first-order valence-electron chi connectivity index (χ1n) is 10.9. The van der Waals surface area contributed by atoms with Crippen molar-refractivity contribution in [2.45, 2.75) is 30.8 Å². The van der Waals surface area contributed by atoms with Crippen molar-refractivity contribution in [3.8, 4) is 11.4 Å². The highest BCUT2D eigenvalue weighted by Gasteiger charge is 2.23. The topological polar surface area (TPSA) is 69.0 Å². The summed E-state index contributed by atoms with van der Waals surface area (Å²) in [5, 5.41) is 13.5. The van der Waals surface area contributed by atoms with Gasteiger partial charge in [-0.25, -0.2) is 0 Å². The van der Waals surface area contributed by atoms with Crippen molar-refractivity contribution < 1.29 is 9.53 Å². The zero-order chi connectivity index (χ0) is 24.9. The number of carbonyl (C=O) groups excluding carboxylic acids is 1. The molecule has 0 bridgehead atoms. The molecule has 1 N–H and O–H groups in total. The SMILES string of the molecule is COc1cccc(C(=O)NC(C)c2nnc(SCc3cccc(C)c3)n2-c2ccc(Cl)cc2Cl)c1. The Morgan fingerprint density at radius 2 is 1.89 bits per heavy atom. The maximum absolute atomic E-state index is 12.9. The smallest absolute Gasteiger partial charge is 0.251 e. The van der Waals surface area contributed by atoms with E-state index in [4.69, 9.17) is 27.9 Å². The maximum atomic E-state index is 12.9. The third kappa shape index (κ3) is 5.99. The van der Waals surface area contributed by atoms with Gasteiger partial charge >= 0.3 is 0 Å². The lowest BCUT2D eigenvalue weighted by atomic mass is 10.2. The minimum atomic E-state index is -0.457. The number of methoxy groups -OCH3 is 1.